The van der Waals surface area contributed by atoms with E-state index >= 15 is 4.39 Å². The SMILES string of the molecule is CN1C=C(C(=O)N2CC(F)C(Oc3ccc(-c4ncnc(Nc5ccc(N6CCN(C7COC7)CC6)cc5)n4)cc3C#N)C(C)(C)C2)N[NH2+]1. The number of alkyl halides is 1. The van der Waals surface area contributed by atoms with Gasteiger partial charge in [0.2, 0.25) is 5.95 Å². The van der Waals surface area contributed by atoms with E-state index in [1.807, 2.05) is 26.0 Å². The summed E-state index contributed by atoms with van der Waals surface area (Å²) in [6.07, 6.45) is 0.748. The number of amides is 1. The summed E-state index contributed by atoms with van der Waals surface area (Å²) >= 11 is 0. The monoisotopic (exact) mass is 670 g/mol. The van der Waals surface area contributed by atoms with Crippen molar-refractivity contribution in [2.75, 3.05) is 69.7 Å². The van der Waals surface area contributed by atoms with Crippen LogP contribution in [-0.4, -0.2) is 114 Å². The smallest absolute Gasteiger partial charge is 0.277 e. The number of piperazine rings is 1. The third-order valence-corrected chi connectivity index (χ3v) is 9.49. The van der Waals surface area contributed by atoms with Gasteiger partial charge < -0.3 is 24.6 Å². The maximum atomic E-state index is 15.7. The normalized spacial score (nSPS) is 22.5. The first-order valence-corrected chi connectivity index (χ1v) is 16.5. The summed E-state index contributed by atoms with van der Waals surface area (Å²) in [5.74, 6) is 0.725. The van der Waals surface area contributed by atoms with Gasteiger partial charge >= 0.3 is 0 Å². The number of quaternary nitrogens is 1. The molecule has 49 heavy (non-hydrogen) atoms. The van der Waals surface area contributed by atoms with Crippen LogP contribution in [0.15, 0.2) is 60.7 Å². The van der Waals surface area contributed by atoms with Crippen molar-refractivity contribution in [3.05, 3.63) is 66.3 Å². The summed E-state index contributed by atoms with van der Waals surface area (Å²) in [5.41, 5.74) is 7.07. The predicted molar refractivity (Wildman–Crippen MR) is 179 cm³/mol. The minimum Gasteiger partial charge on any atom is -0.485 e. The zero-order valence-corrected chi connectivity index (χ0v) is 27.8. The summed E-state index contributed by atoms with van der Waals surface area (Å²) in [6, 6.07) is 16.0. The number of ether oxygens (including phenoxy) is 2. The Bertz CT molecular complexity index is 1750. The van der Waals surface area contributed by atoms with Crippen LogP contribution in [0.2, 0.25) is 0 Å². The molecule has 0 bridgehead atoms. The highest BCUT2D eigenvalue weighted by atomic mass is 19.1. The number of anilines is 3. The van der Waals surface area contributed by atoms with Gasteiger partial charge in [-0.2, -0.15) is 10.2 Å². The number of nitrogens with zero attached hydrogens (tertiary/aromatic N) is 8. The molecule has 3 fully saturated rings. The van der Waals surface area contributed by atoms with Crippen LogP contribution in [0.1, 0.15) is 19.4 Å². The molecule has 0 spiro atoms. The number of carbonyl (C=O) groups excluding carboxylic acids is 1. The van der Waals surface area contributed by atoms with Gasteiger partial charge in [-0.1, -0.05) is 13.8 Å². The lowest BCUT2D eigenvalue weighted by atomic mass is 9.80. The standard InChI is InChI=1S/C34H40FN11O3/c1-34(2)20-46(32(47)28-17-43(3)42-41-28)16-27(35)30(34)49-29-9-4-22(14-23(29)15-36)31-37-21-38-33(40-31)39-24-5-7-25(8-6-24)44-10-12-45(13-11-44)26-18-48-19-26/h4-9,14,17,21,26-27,30,41-42H,10-13,16,18-20H2,1-3H3,(H,37,38,39,40)/p+1. The van der Waals surface area contributed by atoms with E-state index in [0.717, 1.165) is 45.1 Å². The molecular formula is C34H41FN11O3+. The first-order chi connectivity index (χ1) is 23.7. The number of rotatable bonds is 8. The molecule has 2 aromatic carbocycles. The number of nitrogens with two attached hydrogens (primary N) is 1. The minimum absolute atomic E-state index is 0.118. The average molecular weight is 671 g/mol. The third kappa shape index (κ3) is 6.93. The number of piperidine rings is 1. The molecule has 0 aliphatic carbocycles. The largest absolute Gasteiger partial charge is 0.485 e. The molecule has 0 radical (unpaired) electrons. The average Bonchev–Trinajstić information content (AvgIpc) is 3.52. The second-order valence-corrected chi connectivity index (χ2v) is 13.6. The van der Waals surface area contributed by atoms with Crippen LogP contribution >= 0.6 is 0 Å². The van der Waals surface area contributed by atoms with E-state index in [-0.39, 0.29) is 30.3 Å². The van der Waals surface area contributed by atoms with Gasteiger partial charge in [-0.25, -0.2) is 24.8 Å². The topological polar surface area (TPSA) is 152 Å². The van der Waals surface area contributed by atoms with Crippen molar-refractivity contribution in [2.24, 2.45) is 5.41 Å². The van der Waals surface area contributed by atoms with Crippen LogP contribution in [0.4, 0.5) is 21.7 Å². The zero-order valence-electron chi connectivity index (χ0n) is 27.8. The van der Waals surface area contributed by atoms with Crippen molar-refractivity contribution in [3.8, 4) is 23.2 Å². The molecule has 3 saturated heterocycles. The molecule has 4 aliphatic rings. The van der Waals surface area contributed by atoms with Gasteiger partial charge in [-0.15, -0.1) is 5.53 Å². The molecule has 4 aliphatic heterocycles. The van der Waals surface area contributed by atoms with Gasteiger partial charge in [0.1, 0.15) is 24.3 Å². The summed E-state index contributed by atoms with van der Waals surface area (Å²) in [6.45, 7) is 9.61. The molecular weight excluding hydrogens is 629 g/mol. The van der Waals surface area contributed by atoms with Crippen LogP contribution < -0.4 is 25.9 Å². The Morgan fingerprint density at radius 2 is 1.92 bits per heavy atom. The number of benzene rings is 2. The molecule has 7 rings (SSSR count). The third-order valence-electron chi connectivity index (χ3n) is 9.49. The van der Waals surface area contributed by atoms with Gasteiger partial charge in [-0.05, 0) is 42.5 Å². The minimum atomic E-state index is -1.47. The predicted octanol–water partition coefficient (Wildman–Crippen LogP) is 1.40. The molecule has 256 valence electrons. The van der Waals surface area contributed by atoms with Gasteiger partial charge in [0.25, 0.3) is 5.91 Å². The molecule has 0 saturated carbocycles. The lowest BCUT2D eigenvalue weighted by Gasteiger charge is -2.45. The second-order valence-electron chi connectivity index (χ2n) is 13.6. The van der Waals surface area contributed by atoms with Gasteiger partial charge in [-0.3, -0.25) is 9.69 Å². The van der Waals surface area contributed by atoms with E-state index in [9.17, 15) is 10.1 Å². The maximum Gasteiger partial charge on any atom is 0.277 e. The molecule has 15 heteroatoms. The van der Waals surface area contributed by atoms with Crippen LogP contribution in [0.3, 0.4) is 0 Å². The van der Waals surface area contributed by atoms with E-state index in [2.05, 4.69) is 53.7 Å². The number of aromatic nitrogens is 3. The number of hydrogen-bond acceptors (Lipinski definition) is 12. The molecule has 4 N–H and O–H groups in total. The summed E-state index contributed by atoms with van der Waals surface area (Å²) in [5, 5.41) is 15.0. The lowest BCUT2D eigenvalue weighted by molar-refractivity contribution is -0.818. The van der Waals surface area contributed by atoms with Crippen molar-refractivity contribution >= 4 is 23.2 Å². The quantitative estimate of drug-likeness (QED) is 0.297. The summed E-state index contributed by atoms with van der Waals surface area (Å²) in [4.78, 5) is 32.6. The second kappa shape index (κ2) is 13.5. The van der Waals surface area contributed by atoms with Crippen molar-refractivity contribution in [3.63, 3.8) is 0 Å². The first-order valence-electron chi connectivity index (χ1n) is 16.5. The number of halogens is 1. The Balaban J connectivity index is 0.992. The Morgan fingerprint density at radius 3 is 2.57 bits per heavy atom. The molecule has 5 heterocycles. The van der Waals surface area contributed by atoms with Crippen LogP contribution in [0, 0.1) is 16.7 Å². The van der Waals surface area contributed by atoms with E-state index in [0.29, 0.717) is 29.1 Å². The van der Waals surface area contributed by atoms with Crippen LogP contribution in [0.25, 0.3) is 11.4 Å². The van der Waals surface area contributed by atoms with E-state index in [4.69, 9.17) is 9.47 Å². The fourth-order valence-corrected chi connectivity index (χ4v) is 6.72. The van der Waals surface area contributed by atoms with Crippen molar-refractivity contribution in [1.29, 1.82) is 5.26 Å². The Hall–Kier alpha value is -5.04. The number of likely N-dealkylation sites (tertiary alicyclic amines) is 1. The molecule has 3 aromatic rings. The maximum absolute atomic E-state index is 15.7. The molecule has 14 nitrogen and oxygen atoms in total. The van der Waals surface area contributed by atoms with Crippen molar-refractivity contribution in [2.45, 2.75) is 32.2 Å². The molecule has 2 atom stereocenters. The fourth-order valence-electron chi connectivity index (χ4n) is 6.72. The number of nitriles is 1. The first kappa shape index (κ1) is 32.5. The number of hydrogen-bond donors (Lipinski definition) is 3. The van der Waals surface area contributed by atoms with Gasteiger partial charge in [0.05, 0.1) is 44.6 Å². The summed E-state index contributed by atoms with van der Waals surface area (Å²) in [7, 11) is 1.80. The number of nitrogens with one attached hydrogen (secondary N) is 2. The van der Waals surface area contributed by atoms with Crippen molar-refractivity contribution in [1.82, 2.24) is 35.2 Å². The Morgan fingerprint density at radius 1 is 1.14 bits per heavy atom. The number of carbonyl (C=O) groups is 1. The Kier molecular flexibility index (Phi) is 8.93. The molecule has 2 unspecified atom stereocenters. The van der Waals surface area contributed by atoms with Gasteiger partial charge in [0.15, 0.2) is 17.7 Å². The van der Waals surface area contributed by atoms with Gasteiger partial charge in [0, 0.05) is 55.1 Å². The van der Waals surface area contributed by atoms with E-state index < -0.39 is 17.7 Å². The zero-order chi connectivity index (χ0) is 34.1. The fraction of sp³-hybridized carbons (Fsp3) is 0.441. The van der Waals surface area contributed by atoms with E-state index in [1.165, 1.54) is 16.9 Å². The summed E-state index contributed by atoms with van der Waals surface area (Å²) < 4.78 is 27.2. The van der Waals surface area contributed by atoms with E-state index in [1.54, 1.807) is 42.0 Å². The highest BCUT2D eigenvalue weighted by molar-refractivity contribution is 5.92. The lowest BCUT2D eigenvalue weighted by Crippen LogP contribution is -2.96. The highest BCUT2D eigenvalue weighted by Crippen LogP contribution is 2.36. The highest BCUT2D eigenvalue weighted by Gasteiger charge is 2.47. The molecule has 1 amide bonds. The van der Waals surface area contributed by atoms with Crippen LogP contribution in [-0.2, 0) is 9.53 Å². The Labute approximate surface area is 284 Å². The molecule has 1 aromatic heterocycles. The van der Waals surface area contributed by atoms with Crippen molar-refractivity contribution < 1.29 is 24.2 Å². The van der Waals surface area contributed by atoms with Crippen LogP contribution in [0.5, 0.6) is 5.75 Å².